The van der Waals surface area contributed by atoms with Crippen molar-refractivity contribution in [2.45, 2.75) is 46.1 Å². The van der Waals surface area contributed by atoms with Gasteiger partial charge in [0, 0.05) is 45.5 Å². The Bertz CT molecular complexity index is 612. The molecule has 0 spiro atoms. The fourth-order valence-corrected chi connectivity index (χ4v) is 2.41. The molecule has 178 valence electrons. The van der Waals surface area contributed by atoms with Crippen LogP contribution in [-0.4, -0.2) is 64.5 Å². The summed E-state index contributed by atoms with van der Waals surface area (Å²) in [6.45, 7) is 9.64. The number of methoxy groups -OCH3 is 1. The van der Waals surface area contributed by atoms with E-state index in [0.717, 1.165) is 24.3 Å². The molecular weight excluding hydrogens is 511 g/mol. The van der Waals surface area contributed by atoms with Gasteiger partial charge >= 0.3 is 0 Å². The molecule has 0 unspecified atom stereocenters. The second-order valence-electron chi connectivity index (χ2n) is 7.03. The lowest BCUT2D eigenvalue weighted by Crippen LogP contribution is -2.35. The van der Waals surface area contributed by atoms with Crippen LogP contribution in [0.15, 0.2) is 29.3 Å². The third kappa shape index (κ3) is 15.8. The Balaban J connectivity index is 0.00000900. The molecule has 0 aliphatic heterocycles. The van der Waals surface area contributed by atoms with Crippen LogP contribution in [0.5, 0.6) is 5.75 Å². The molecule has 0 saturated heterocycles. The number of carbonyl (C=O) groups is 1. The molecule has 0 aromatic heterocycles. The van der Waals surface area contributed by atoms with Crippen LogP contribution in [0.25, 0.3) is 0 Å². The van der Waals surface area contributed by atoms with Crippen LogP contribution in [0.4, 0.5) is 5.69 Å². The van der Waals surface area contributed by atoms with Crippen molar-refractivity contribution in [2.75, 3.05) is 51.9 Å². The van der Waals surface area contributed by atoms with E-state index in [-0.39, 0.29) is 36.0 Å². The van der Waals surface area contributed by atoms with Gasteiger partial charge in [-0.2, -0.15) is 0 Å². The van der Waals surface area contributed by atoms with Gasteiger partial charge in [0.2, 0.25) is 5.91 Å². The third-order valence-electron chi connectivity index (χ3n) is 3.85. The standard InChI is InChI=1S/C22H38N4O4.HI/c1-5-12-23-21(27)11-14-25-22(24-13-6-15-29-17-16-28-4)26-19-7-9-20(10-8-19)30-18(2)3;/h7-10,18H,5-6,11-17H2,1-4H3,(H,23,27)(H2,24,25,26);1H. The zero-order chi connectivity index (χ0) is 22.0. The molecule has 8 nitrogen and oxygen atoms in total. The number of hydrogen-bond donors (Lipinski definition) is 3. The van der Waals surface area contributed by atoms with Crippen LogP contribution < -0.4 is 20.7 Å². The first-order valence-electron chi connectivity index (χ1n) is 10.7. The quantitative estimate of drug-likeness (QED) is 0.134. The van der Waals surface area contributed by atoms with E-state index in [9.17, 15) is 4.79 Å². The van der Waals surface area contributed by atoms with E-state index >= 15 is 0 Å². The molecule has 0 radical (unpaired) electrons. The number of ether oxygens (including phenoxy) is 3. The molecule has 0 aliphatic rings. The molecule has 9 heteroatoms. The minimum atomic E-state index is 0. The number of carbonyl (C=O) groups excluding carboxylic acids is 1. The second kappa shape index (κ2) is 19.1. The molecule has 0 fully saturated rings. The summed E-state index contributed by atoms with van der Waals surface area (Å²) >= 11 is 0. The summed E-state index contributed by atoms with van der Waals surface area (Å²) in [5, 5.41) is 9.37. The van der Waals surface area contributed by atoms with Crippen molar-refractivity contribution >= 4 is 41.5 Å². The molecule has 0 heterocycles. The van der Waals surface area contributed by atoms with Crippen LogP contribution in [0.2, 0.25) is 0 Å². The number of halogens is 1. The van der Waals surface area contributed by atoms with Gasteiger partial charge in [0.1, 0.15) is 5.75 Å². The van der Waals surface area contributed by atoms with Crippen LogP contribution in [0.3, 0.4) is 0 Å². The zero-order valence-corrected chi connectivity index (χ0v) is 21.6. The summed E-state index contributed by atoms with van der Waals surface area (Å²) in [5.74, 6) is 1.49. The predicted octanol–water partition coefficient (Wildman–Crippen LogP) is 3.42. The largest absolute Gasteiger partial charge is 0.491 e. The highest BCUT2D eigenvalue weighted by atomic mass is 127. The Labute approximate surface area is 203 Å². The fraction of sp³-hybridized carbons (Fsp3) is 0.636. The van der Waals surface area contributed by atoms with E-state index in [4.69, 9.17) is 14.2 Å². The smallest absolute Gasteiger partial charge is 0.221 e. The van der Waals surface area contributed by atoms with Crippen molar-refractivity contribution < 1.29 is 19.0 Å². The maximum absolute atomic E-state index is 11.8. The van der Waals surface area contributed by atoms with E-state index in [1.54, 1.807) is 7.11 Å². The molecule has 1 rings (SSSR count). The van der Waals surface area contributed by atoms with Crippen molar-refractivity contribution in [2.24, 2.45) is 4.99 Å². The molecule has 0 atom stereocenters. The summed E-state index contributed by atoms with van der Waals surface area (Å²) < 4.78 is 16.1. The molecule has 0 saturated carbocycles. The van der Waals surface area contributed by atoms with E-state index < -0.39 is 0 Å². The van der Waals surface area contributed by atoms with Crippen LogP contribution in [-0.2, 0) is 14.3 Å². The highest BCUT2D eigenvalue weighted by Crippen LogP contribution is 2.16. The number of guanidine groups is 1. The van der Waals surface area contributed by atoms with Crippen molar-refractivity contribution in [1.82, 2.24) is 10.6 Å². The van der Waals surface area contributed by atoms with Crippen molar-refractivity contribution in [3.63, 3.8) is 0 Å². The van der Waals surface area contributed by atoms with E-state index in [1.165, 1.54) is 0 Å². The fourth-order valence-electron chi connectivity index (χ4n) is 2.41. The van der Waals surface area contributed by atoms with E-state index in [1.807, 2.05) is 45.0 Å². The van der Waals surface area contributed by atoms with Gasteiger partial charge in [-0.3, -0.25) is 9.79 Å². The van der Waals surface area contributed by atoms with Gasteiger partial charge in [0.15, 0.2) is 5.96 Å². The maximum atomic E-state index is 11.8. The van der Waals surface area contributed by atoms with Gasteiger partial charge < -0.3 is 30.2 Å². The Kier molecular flexibility index (Phi) is 18.1. The Morgan fingerprint density at radius 3 is 2.45 bits per heavy atom. The lowest BCUT2D eigenvalue weighted by molar-refractivity contribution is -0.120. The molecule has 1 aromatic carbocycles. The first-order chi connectivity index (χ1) is 14.5. The number of rotatable bonds is 15. The van der Waals surface area contributed by atoms with E-state index in [0.29, 0.717) is 51.8 Å². The van der Waals surface area contributed by atoms with Crippen molar-refractivity contribution in [1.29, 1.82) is 0 Å². The monoisotopic (exact) mass is 550 g/mol. The summed E-state index contributed by atoms with van der Waals surface area (Å²) in [5.41, 5.74) is 0.893. The number of nitrogens with one attached hydrogen (secondary N) is 3. The van der Waals surface area contributed by atoms with E-state index in [2.05, 4.69) is 20.9 Å². The normalized spacial score (nSPS) is 11.1. The Hall–Kier alpha value is -1.59. The zero-order valence-electron chi connectivity index (χ0n) is 19.2. The molecular formula is C22H39IN4O4. The maximum Gasteiger partial charge on any atom is 0.221 e. The lowest BCUT2D eigenvalue weighted by atomic mass is 10.3. The summed E-state index contributed by atoms with van der Waals surface area (Å²) in [7, 11) is 1.65. The van der Waals surface area contributed by atoms with Crippen LogP contribution >= 0.6 is 24.0 Å². The Morgan fingerprint density at radius 1 is 1.06 bits per heavy atom. The van der Waals surface area contributed by atoms with Gasteiger partial charge in [0.05, 0.1) is 19.3 Å². The van der Waals surface area contributed by atoms with Gasteiger partial charge in [0.25, 0.3) is 0 Å². The summed E-state index contributed by atoms with van der Waals surface area (Å²) in [4.78, 5) is 16.4. The molecule has 31 heavy (non-hydrogen) atoms. The van der Waals surface area contributed by atoms with Crippen LogP contribution in [0.1, 0.15) is 40.0 Å². The van der Waals surface area contributed by atoms with Gasteiger partial charge in [-0.05, 0) is 51.0 Å². The number of aliphatic imine (C=N–C) groups is 1. The average molecular weight is 550 g/mol. The predicted molar refractivity (Wildman–Crippen MR) is 137 cm³/mol. The highest BCUT2D eigenvalue weighted by molar-refractivity contribution is 14.0. The third-order valence-corrected chi connectivity index (χ3v) is 3.85. The van der Waals surface area contributed by atoms with Gasteiger partial charge in [-0.25, -0.2) is 0 Å². The average Bonchev–Trinajstić information content (AvgIpc) is 2.72. The molecule has 0 bridgehead atoms. The number of anilines is 1. The lowest BCUT2D eigenvalue weighted by Gasteiger charge is -2.14. The molecule has 3 N–H and O–H groups in total. The number of hydrogen-bond acceptors (Lipinski definition) is 5. The highest BCUT2D eigenvalue weighted by Gasteiger charge is 2.04. The van der Waals surface area contributed by atoms with Crippen molar-refractivity contribution in [3.05, 3.63) is 24.3 Å². The minimum Gasteiger partial charge on any atom is -0.491 e. The molecule has 1 aromatic rings. The number of amides is 1. The summed E-state index contributed by atoms with van der Waals surface area (Å²) in [6.07, 6.45) is 2.25. The SMILES string of the molecule is CCCNC(=O)CCNC(=NCCCOCCOC)Nc1ccc(OC(C)C)cc1.I. The number of benzene rings is 1. The first-order valence-corrected chi connectivity index (χ1v) is 10.7. The molecule has 1 amide bonds. The summed E-state index contributed by atoms with van der Waals surface area (Å²) in [6, 6.07) is 7.72. The van der Waals surface area contributed by atoms with Crippen LogP contribution in [0, 0.1) is 0 Å². The topological polar surface area (TPSA) is 93.2 Å². The molecule has 0 aliphatic carbocycles. The van der Waals surface area contributed by atoms with Crippen molar-refractivity contribution in [3.8, 4) is 5.75 Å². The second-order valence-corrected chi connectivity index (χ2v) is 7.03. The first kappa shape index (κ1) is 29.4. The number of nitrogens with zero attached hydrogens (tertiary/aromatic N) is 1. The minimum absolute atomic E-state index is 0. The van der Waals surface area contributed by atoms with Gasteiger partial charge in [-0.1, -0.05) is 6.92 Å². The van der Waals surface area contributed by atoms with Gasteiger partial charge in [-0.15, -0.1) is 24.0 Å². The Morgan fingerprint density at radius 2 is 1.81 bits per heavy atom.